The number of rotatable bonds is 7. The van der Waals surface area contributed by atoms with Crippen LogP contribution in [-0.2, 0) is 0 Å². The van der Waals surface area contributed by atoms with Crippen LogP contribution < -0.4 is 15.4 Å². The Labute approximate surface area is 107 Å². The molecule has 0 aliphatic heterocycles. The normalized spacial score (nSPS) is 10.2. The molecule has 0 atom stereocenters. The van der Waals surface area contributed by atoms with E-state index in [-0.39, 0.29) is 11.3 Å². The van der Waals surface area contributed by atoms with Gasteiger partial charge in [-0.15, -0.1) is 0 Å². The molecule has 1 aromatic rings. The second-order valence-electron chi connectivity index (χ2n) is 3.78. The molecule has 0 radical (unpaired) electrons. The van der Waals surface area contributed by atoms with Crippen molar-refractivity contribution in [3.05, 3.63) is 29.6 Å². The van der Waals surface area contributed by atoms with Crippen LogP contribution >= 0.6 is 0 Å². The molecule has 0 aromatic heterocycles. The first-order chi connectivity index (χ1) is 8.70. The quantitative estimate of drug-likeness (QED) is 0.726. The molecule has 4 nitrogen and oxygen atoms in total. The SMILES string of the molecule is CCNCCCNC(=O)c1c(F)cccc1OC. The van der Waals surface area contributed by atoms with Gasteiger partial charge in [0.05, 0.1) is 7.11 Å². The van der Waals surface area contributed by atoms with Crippen LogP contribution in [0.15, 0.2) is 18.2 Å². The van der Waals surface area contributed by atoms with Crippen molar-refractivity contribution in [2.24, 2.45) is 0 Å². The summed E-state index contributed by atoms with van der Waals surface area (Å²) in [6, 6.07) is 4.32. The maximum absolute atomic E-state index is 13.6. The standard InChI is InChI=1S/C13H19FN2O2/c1-3-15-8-5-9-16-13(17)12-10(14)6-4-7-11(12)18-2/h4,6-7,15H,3,5,8-9H2,1-2H3,(H,16,17). The number of nitrogens with one attached hydrogen (secondary N) is 2. The highest BCUT2D eigenvalue weighted by molar-refractivity contribution is 5.97. The molecule has 0 unspecified atom stereocenters. The summed E-state index contributed by atoms with van der Waals surface area (Å²) in [5, 5.41) is 5.82. The highest BCUT2D eigenvalue weighted by Gasteiger charge is 2.16. The van der Waals surface area contributed by atoms with E-state index in [1.807, 2.05) is 6.92 Å². The van der Waals surface area contributed by atoms with Crippen molar-refractivity contribution in [2.45, 2.75) is 13.3 Å². The largest absolute Gasteiger partial charge is 0.496 e. The molecular weight excluding hydrogens is 235 g/mol. The second-order valence-corrected chi connectivity index (χ2v) is 3.78. The van der Waals surface area contributed by atoms with Crippen molar-refractivity contribution in [1.82, 2.24) is 10.6 Å². The van der Waals surface area contributed by atoms with Gasteiger partial charge in [-0.05, 0) is 31.6 Å². The molecule has 0 saturated carbocycles. The highest BCUT2D eigenvalue weighted by atomic mass is 19.1. The highest BCUT2D eigenvalue weighted by Crippen LogP contribution is 2.20. The first-order valence-corrected chi connectivity index (χ1v) is 6.02. The monoisotopic (exact) mass is 254 g/mol. The van der Waals surface area contributed by atoms with E-state index in [4.69, 9.17) is 4.74 Å². The molecule has 0 spiro atoms. The summed E-state index contributed by atoms with van der Waals surface area (Å²) < 4.78 is 18.5. The van der Waals surface area contributed by atoms with E-state index in [2.05, 4.69) is 10.6 Å². The van der Waals surface area contributed by atoms with E-state index < -0.39 is 11.7 Å². The summed E-state index contributed by atoms with van der Waals surface area (Å²) in [6.07, 6.45) is 0.802. The summed E-state index contributed by atoms with van der Waals surface area (Å²) in [7, 11) is 1.41. The summed E-state index contributed by atoms with van der Waals surface area (Å²) in [5.74, 6) is -0.765. The molecule has 1 amide bonds. The number of methoxy groups -OCH3 is 1. The Morgan fingerprint density at radius 2 is 2.17 bits per heavy atom. The van der Waals surface area contributed by atoms with E-state index in [0.29, 0.717) is 6.54 Å². The number of amides is 1. The molecule has 100 valence electrons. The van der Waals surface area contributed by atoms with E-state index in [1.165, 1.54) is 19.2 Å². The minimum absolute atomic E-state index is 0.0385. The summed E-state index contributed by atoms with van der Waals surface area (Å²) in [5.41, 5.74) is -0.0385. The molecule has 0 heterocycles. The Morgan fingerprint density at radius 1 is 1.39 bits per heavy atom. The molecule has 1 aromatic carbocycles. The Kier molecular flexibility index (Phi) is 6.14. The Bertz CT molecular complexity index is 397. The molecule has 5 heteroatoms. The Morgan fingerprint density at radius 3 is 2.83 bits per heavy atom. The molecule has 1 rings (SSSR count). The van der Waals surface area contributed by atoms with Gasteiger partial charge in [-0.25, -0.2) is 4.39 Å². The molecule has 0 saturated heterocycles. The summed E-state index contributed by atoms with van der Waals surface area (Å²) in [4.78, 5) is 11.8. The van der Waals surface area contributed by atoms with Crippen LogP contribution in [0.1, 0.15) is 23.7 Å². The minimum Gasteiger partial charge on any atom is -0.496 e. The lowest BCUT2D eigenvalue weighted by molar-refractivity contribution is 0.0946. The third-order valence-corrected chi connectivity index (χ3v) is 2.49. The van der Waals surface area contributed by atoms with Crippen LogP contribution in [0.2, 0.25) is 0 Å². The molecule has 2 N–H and O–H groups in total. The number of hydrogen-bond acceptors (Lipinski definition) is 3. The summed E-state index contributed by atoms with van der Waals surface area (Å²) >= 11 is 0. The number of ether oxygens (including phenoxy) is 1. The first kappa shape index (κ1) is 14.4. The number of carbonyl (C=O) groups excluding carboxylic acids is 1. The van der Waals surface area contributed by atoms with Gasteiger partial charge in [0, 0.05) is 6.54 Å². The maximum atomic E-state index is 13.6. The zero-order valence-corrected chi connectivity index (χ0v) is 10.8. The lowest BCUT2D eigenvalue weighted by Crippen LogP contribution is -2.28. The fraction of sp³-hybridized carbons (Fsp3) is 0.462. The van der Waals surface area contributed by atoms with Gasteiger partial charge in [-0.2, -0.15) is 0 Å². The molecule has 0 aliphatic carbocycles. The van der Waals surface area contributed by atoms with Gasteiger partial charge in [0.1, 0.15) is 17.1 Å². The zero-order chi connectivity index (χ0) is 13.4. The number of halogens is 1. The Balaban J connectivity index is 2.56. The summed E-state index contributed by atoms with van der Waals surface area (Å²) in [6.45, 7) is 4.24. The average molecular weight is 254 g/mol. The van der Waals surface area contributed by atoms with Gasteiger partial charge in [0.25, 0.3) is 5.91 Å². The molecule has 0 fully saturated rings. The predicted molar refractivity (Wildman–Crippen MR) is 68.4 cm³/mol. The number of carbonyl (C=O) groups is 1. The van der Waals surface area contributed by atoms with Crippen LogP contribution in [0, 0.1) is 5.82 Å². The lowest BCUT2D eigenvalue weighted by atomic mass is 10.1. The minimum atomic E-state index is -0.571. The first-order valence-electron chi connectivity index (χ1n) is 6.02. The fourth-order valence-corrected chi connectivity index (χ4v) is 1.58. The Hall–Kier alpha value is -1.62. The van der Waals surface area contributed by atoms with E-state index in [9.17, 15) is 9.18 Å². The van der Waals surface area contributed by atoms with Gasteiger partial charge in [-0.3, -0.25) is 4.79 Å². The van der Waals surface area contributed by atoms with Crippen LogP contribution in [0.5, 0.6) is 5.75 Å². The average Bonchev–Trinajstić information content (AvgIpc) is 2.37. The van der Waals surface area contributed by atoms with Crippen LogP contribution in [0.3, 0.4) is 0 Å². The van der Waals surface area contributed by atoms with E-state index in [1.54, 1.807) is 6.07 Å². The fourth-order valence-electron chi connectivity index (χ4n) is 1.58. The van der Waals surface area contributed by atoms with Crippen LogP contribution in [0.25, 0.3) is 0 Å². The number of hydrogen-bond donors (Lipinski definition) is 2. The van der Waals surface area contributed by atoms with E-state index in [0.717, 1.165) is 19.5 Å². The molecule has 0 aliphatic rings. The third kappa shape index (κ3) is 4.00. The van der Waals surface area contributed by atoms with Crippen LogP contribution in [-0.4, -0.2) is 32.7 Å². The molecule has 18 heavy (non-hydrogen) atoms. The van der Waals surface area contributed by atoms with Crippen molar-refractivity contribution in [1.29, 1.82) is 0 Å². The van der Waals surface area contributed by atoms with Crippen LogP contribution in [0.4, 0.5) is 4.39 Å². The van der Waals surface area contributed by atoms with Crippen molar-refractivity contribution in [3.63, 3.8) is 0 Å². The van der Waals surface area contributed by atoms with Gasteiger partial charge >= 0.3 is 0 Å². The predicted octanol–water partition coefficient (Wildman–Crippen LogP) is 1.56. The number of benzene rings is 1. The van der Waals surface area contributed by atoms with Gasteiger partial charge in [0.2, 0.25) is 0 Å². The van der Waals surface area contributed by atoms with Crippen molar-refractivity contribution in [2.75, 3.05) is 26.7 Å². The van der Waals surface area contributed by atoms with E-state index >= 15 is 0 Å². The maximum Gasteiger partial charge on any atom is 0.258 e. The van der Waals surface area contributed by atoms with Crippen molar-refractivity contribution >= 4 is 5.91 Å². The molecular formula is C13H19FN2O2. The van der Waals surface area contributed by atoms with Gasteiger partial charge in [0.15, 0.2) is 0 Å². The zero-order valence-electron chi connectivity index (χ0n) is 10.8. The topological polar surface area (TPSA) is 50.4 Å². The second kappa shape index (κ2) is 7.66. The third-order valence-electron chi connectivity index (χ3n) is 2.49. The van der Waals surface area contributed by atoms with Gasteiger partial charge in [-0.1, -0.05) is 13.0 Å². The van der Waals surface area contributed by atoms with Gasteiger partial charge < -0.3 is 15.4 Å². The van der Waals surface area contributed by atoms with Crippen molar-refractivity contribution in [3.8, 4) is 5.75 Å². The smallest absolute Gasteiger partial charge is 0.258 e. The molecule has 0 bridgehead atoms. The van der Waals surface area contributed by atoms with Crippen molar-refractivity contribution < 1.29 is 13.9 Å². The lowest BCUT2D eigenvalue weighted by Gasteiger charge is -2.10.